The van der Waals surface area contributed by atoms with Crippen LogP contribution < -0.4 is 5.32 Å². The number of hydrogen-bond acceptors (Lipinski definition) is 5. The summed E-state index contributed by atoms with van der Waals surface area (Å²) in [5, 5.41) is 7.45. The fraction of sp³-hybridized carbons (Fsp3) is 0.500. The van der Waals surface area contributed by atoms with Crippen molar-refractivity contribution in [3.05, 3.63) is 23.7 Å². The first-order chi connectivity index (χ1) is 8.86. The van der Waals surface area contributed by atoms with Crippen LogP contribution >= 0.6 is 11.6 Å². The zero-order valence-corrected chi connectivity index (χ0v) is 12.2. The number of nitrogens with one attached hydrogen (secondary N) is 1. The Morgan fingerprint density at radius 2 is 2.00 bits per heavy atom. The Morgan fingerprint density at radius 1 is 1.26 bits per heavy atom. The predicted octanol–water partition coefficient (Wildman–Crippen LogP) is 2.56. The fourth-order valence-electron chi connectivity index (χ4n) is 1.30. The van der Waals surface area contributed by atoms with Gasteiger partial charge in [0.1, 0.15) is 0 Å². The highest BCUT2D eigenvalue weighted by molar-refractivity contribution is 6.28. The molecule has 19 heavy (non-hydrogen) atoms. The van der Waals surface area contributed by atoms with Crippen LogP contribution in [0.1, 0.15) is 27.7 Å². The summed E-state index contributed by atoms with van der Waals surface area (Å²) in [7, 11) is 0. The van der Waals surface area contributed by atoms with E-state index in [-0.39, 0.29) is 16.7 Å². The lowest BCUT2D eigenvalue weighted by molar-refractivity contribution is 0.358. The van der Waals surface area contributed by atoms with Gasteiger partial charge in [0, 0.05) is 18.4 Å². The molecule has 0 spiro atoms. The average Bonchev–Trinajstić information content (AvgIpc) is 2.80. The van der Waals surface area contributed by atoms with Crippen LogP contribution in [-0.2, 0) is 0 Å². The smallest absolute Gasteiger partial charge is 0.256 e. The van der Waals surface area contributed by atoms with E-state index in [0.29, 0.717) is 11.9 Å². The van der Waals surface area contributed by atoms with Crippen molar-refractivity contribution in [1.29, 1.82) is 0 Å². The van der Waals surface area contributed by atoms with Crippen molar-refractivity contribution in [1.82, 2.24) is 24.7 Å². The van der Waals surface area contributed by atoms with Gasteiger partial charge in [-0.3, -0.25) is 0 Å². The molecular formula is C12H17ClN6. The summed E-state index contributed by atoms with van der Waals surface area (Å²) >= 11 is 5.92. The normalized spacial score (nSPS) is 13.3. The molecule has 0 saturated heterocycles. The van der Waals surface area contributed by atoms with E-state index >= 15 is 0 Å². The van der Waals surface area contributed by atoms with Crippen LogP contribution in [0.2, 0.25) is 5.28 Å². The van der Waals surface area contributed by atoms with Gasteiger partial charge in [-0.1, -0.05) is 20.8 Å². The van der Waals surface area contributed by atoms with E-state index in [9.17, 15) is 0 Å². The van der Waals surface area contributed by atoms with Crippen LogP contribution in [0.3, 0.4) is 0 Å². The van der Waals surface area contributed by atoms with Gasteiger partial charge in [-0.25, -0.2) is 4.68 Å². The van der Waals surface area contributed by atoms with Crippen molar-refractivity contribution in [2.75, 3.05) is 5.32 Å². The van der Waals surface area contributed by atoms with E-state index in [1.807, 2.05) is 0 Å². The van der Waals surface area contributed by atoms with E-state index in [2.05, 4.69) is 53.1 Å². The maximum Gasteiger partial charge on any atom is 0.256 e. The van der Waals surface area contributed by atoms with Crippen LogP contribution in [0.5, 0.6) is 0 Å². The largest absolute Gasteiger partial charge is 0.351 e. The Balaban J connectivity index is 2.28. The molecule has 102 valence electrons. The number of rotatable bonds is 3. The molecule has 1 unspecified atom stereocenters. The highest BCUT2D eigenvalue weighted by atomic mass is 35.5. The van der Waals surface area contributed by atoms with Crippen molar-refractivity contribution in [3.8, 4) is 5.95 Å². The molecule has 0 aliphatic carbocycles. The van der Waals surface area contributed by atoms with Crippen molar-refractivity contribution < 1.29 is 0 Å². The maximum absolute atomic E-state index is 5.92. The molecule has 2 aromatic rings. The van der Waals surface area contributed by atoms with Gasteiger partial charge >= 0.3 is 0 Å². The molecular weight excluding hydrogens is 264 g/mol. The summed E-state index contributed by atoms with van der Waals surface area (Å²) in [6, 6.07) is 1.99. The lowest BCUT2D eigenvalue weighted by Gasteiger charge is -2.28. The quantitative estimate of drug-likeness (QED) is 0.936. The molecule has 0 aromatic carbocycles. The van der Waals surface area contributed by atoms with Crippen molar-refractivity contribution in [2.45, 2.75) is 33.7 Å². The van der Waals surface area contributed by atoms with Crippen LogP contribution in [0.25, 0.3) is 5.95 Å². The number of hydrogen-bond donors (Lipinski definition) is 1. The molecule has 0 aliphatic rings. The third-order valence-electron chi connectivity index (χ3n) is 2.95. The predicted molar refractivity (Wildman–Crippen MR) is 74.5 cm³/mol. The summed E-state index contributed by atoms with van der Waals surface area (Å²) in [6.07, 6.45) is 3.41. The number of aromatic nitrogens is 5. The van der Waals surface area contributed by atoms with Gasteiger partial charge in [0.2, 0.25) is 11.2 Å². The second-order valence-corrected chi connectivity index (χ2v) is 5.75. The Morgan fingerprint density at radius 3 is 2.58 bits per heavy atom. The second kappa shape index (κ2) is 5.13. The minimum absolute atomic E-state index is 0.0883. The molecule has 2 aromatic heterocycles. The van der Waals surface area contributed by atoms with Crippen LogP contribution in [-0.4, -0.2) is 30.8 Å². The fourth-order valence-corrected chi connectivity index (χ4v) is 1.46. The third kappa shape index (κ3) is 3.41. The summed E-state index contributed by atoms with van der Waals surface area (Å²) in [5.41, 5.74) is 0.0883. The number of nitrogens with zero attached hydrogens (tertiary/aromatic N) is 5. The maximum atomic E-state index is 5.92. The lowest BCUT2D eigenvalue weighted by Crippen LogP contribution is -2.31. The van der Waals surface area contributed by atoms with Crippen LogP contribution in [0, 0.1) is 5.41 Å². The monoisotopic (exact) mass is 280 g/mol. The van der Waals surface area contributed by atoms with E-state index in [1.165, 1.54) is 0 Å². The van der Waals surface area contributed by atoms with Crippen LogP contribution in [0.15, 0.2) is 18.5 Å². The second-order valence-electron chi connectivity index (χ2n) is 5.41. The Labute approximate surface area is 117 Å². The lowest BCUT2D eigenvalue weighted by atomic mass is 9.88. The third-order valence-corrected chi connectivity index (χ3v) is 3.12. The van der Waals surface area contributed by atoms with Crippen molar-refractivity contribution in [3.63, 3.8) is 0 Å². The molecule has 0 bridgehead atoms. The van der Waals surface area contributed by atoms with E-state index in [0.717, 1.165) is 0 Å². The van der Waals surface area contributed by atoms with Gasteiger partial charge in [0.15, 0.2) is 0 Å². The summed E-state index contributed by atoms with van der Waals surface area (Å²) < 4.78 is 1.54. The molecule has 6 nitrogen and oxygen atoms in total. The van der Waals surface area contributed by atoms with E-state index in [4.69, 9.17) is 11.6 Å². The van der Waals surface area contributed by atoms with Gasteiger partial charge in [0.05, 0.1) is 0 Å². The molecule has 0 aliphatic heterocycles. The molecule has 1 atom stereocenters. The molecule has 1 N–H and O–H groups in total. The highest BCUT2D eigenvalue weighted by Gasteiger charge is 2.21. The van der Waals surface area contributed by atoms with Gasteiger partial charge in [0.25, 0.3) is 5.95 Å². The molecule has 7 heteroatoms. The average molecular weight is 281 g/mol. The molecule has 0 radical (unpaired) electrons. The van der Waals surface area contributed by atoms with Crippen LogP contribution in [0.4, 0.5) is 5.95 Å². The van der Waals surface area contributed by atoms with Gasteiger partial charge in [-0.15, -0.1) is 0 Å². The van der Waals surface area contributed by atoms with Gasteiger partial charge in [-0.05, 0) is 30.0 Å². The first kappa shape index (κ1) is 13.7. The Kier molecular flexibility index (Phi) is 3.71. The SMILES string of the molecule is CC(Nc1nc(Cl)nc(-n2cccn2)n1)C(C)(C)C. The summed E-state index contributed by atoms with van der Waals surface area (Å²) in [6.45, 7) is 8.50. The minimum Gasteiger partial charge on any atom is -0.351 e. The molecule has 0 saturated carbocycles. The van der Waals surface area contributed by atoms with Gasteiger partial charge < -0.3 is 5.32 Å². The van der Waals surface area contributed by atoms with Gasteiger partial charge in [-0.2, -0.15) is 20.1 Å². The zero-order valence-electron chi connectivity index (χ0n) is 11.4. The summed E-state index contributed by atoms with van der Waals surface area (Å²) in [5.74, 6) is 0.849. The zero-order chi connectivity index (χ0) is 14.0. The van der Waals surface area contributed by atoms with E-state index < -0.39 is 0 Å². The minimum atomic E-state index is 0.0883. The van der Waals surface area contributed by atoms with E-state index in [1.54, 1.807) is 23.1 Å². The highest BCUT2D eigenvalue weighted by Crippen LogP contribution is 2.21. The Hall–Kier alpha value is -1.69. The Bertz CT molecular complexity index is 546. The van der Waals surface area contributed by atoms with Crippen molar-refractivity contribution >= 4 is 17.5 Å². The molecule has 0 amide bonds. The standard InChI is InChI=1S/C12H17ClN6/c1-8(12(2,3)4)15-10-16-9(13)17-11(18-10)19-7-5-6-14-19/h5-8H,1-4H3,(H,15,16,17,18). The first-order valence-corrected chi connectivity index (χ1v) is 6.42. The molecule has 2 rings (SSSR count). The summed E-state index contributed by atoms with van der Waals surface area (Å²) in [4.78, 5) is 12.4. The number of halogens is 1. The molecule has 0 fully saturated rings. The first-order valence-electron chi connectivity index (χ1n) is 6.04. The van der Waals surface area contributed by atoms with Crippen molar-refractivity contribution in [2.24, 2.45) is 5.41 Å². The topological polar surface area (TPSA) is 68.5 Å². The number of anilines is 1. The molecule has 2 heterocycles.